The van der Waals surface area contributed by atoms with Gasteiger partial charge in [0.05, 0.1) is 16.8 Å². The fourth-order valence-electron chi connectivity index (χ4n) is 2.10. The van der Waals surface area contributed by atoms with Crippen molar-refractivity contribution in [3.63, 3.8) is 0 Å². The van der Waals surface area contributed by atoms with E-state index < -0.39 is 0 Å². The summed E-state index contributed by atoms with van der Waals surface area (Å²) in [5, 5.41) is 0. The van der Waals surface area contributed by atoms with E-state index in [9.17, 15) is 14.4 Å². The molecule has 0 saturated heterocycles. The van der Waals surface area contributed by atoms with Crippen LogP contribution in [0.5, 0.6) is 0 Å². The number of hydrogen-bond donors (Lipinski definition) is 0. The Morgan fingerprint density at radius 3 is 1.79 bits per heavy atom. The molecule has 0 unspecified atom stereocenters. The highest BCUT2D eigenvalue weighted by Crippen LogP contribution is 2.28. The van der Waals surface area contributed by atoms with Crippen LogP contribution in [0.4, 0.5) is 5.69 Å². The van der Waals surface area contributed by atoms with Gasteiger partial charge in [0.15, 0.2) is 0 Å². The highest BCUT2D eigenvalue weighted by Gasteiger charge is 2.36. The van der Waals surface area contributed by atoms with E-state index in [1.807, 2.05) is 0 Å². The van der Waals surface area contributed by atoms with Crippen molar-refractivity contribution in [1.82, 2.24) is 0 Å². The molecular formula is C15H8NO3. The summed E-state index contributed by atoms with van der Waals surface area (Å²) in [5.74, 6) is -0.688. The molecule has 2 aromatic rings. The summed E-state index contributed by atoms with van der Waals surface area (Å²) in [6.45, 7) is 0. The van der Waals surface area contributed by atoms with E-state index in [1.165, 1.54) is 12.1 Å². The van der Waals surface area contributed by atoms with Crippen molar-refractivity contribution in [2.75, 3.05) is 4.90 Å². The Bertz CT molecular complexity index is 654. The van der Waals surface area contributed by atoms with Gasteiger partial charge in [-0.25, -0.2) is 4.90 Å². The smallest absolute Gasteiger partial charge is 0.266 e. The van der Waals surface area contributed by atoms with Gasteiger partial charge in [-0.05, 0) is 36.4 Å². The average Bonchev–Trinajstić information content (AvgIpc) is 2.72. The van der Waals surface area contributed by atoms with Crippen LogP contribution in [0.1, 0.15) is 26.3 Å². The summed E-state index contributed by atoms with van der Waals surface area (Å²) in [7, 11) is 0. The maximum absolute atomic E-state index is 12.2. The summed E-state index contributed by atoms with van der Waals surface area (Å²) in [6.07, 6.45) is 1.75. The molecule has 4 nitrogen and oxygen atoms in total. The highest BCUT2D eigenvalue weighted by molar-refractivity contribution is 6.34. The summed E-state index contributed by atoms with van der Waals surface area (Å²) in [5.41, 5.74) is 1.63. The van der Waals surface area contributed by atoms with Gasteiger partial charge in [-0.3, -0.25) is 14.4 Å². The van der Waals surface area contributed by atoms with Gasteiger partial charge in [0.25, 0.3) is 11.8 Å². The van der Waals surface area contributed by atoms with E-state index in [2.05, 4.69) is 0 Å². The average molecular weight is 250 g/mol. The number of carbonyl (C=O) groups is 2. The minimum Gasteiger partial charge on any atom is -0.285 e. The SMILES string of the molecule is O=[C]c1ccc(N2C(=O)c3ccccc3C2=O)cc1. The molecule has 3 rings (SSSR count). The van der Waals surface area contributed by atoms with Crippen molar-refractivity contribution in [3.05, 3.63) is 65.2 Å². The maximum atomic E-state index is 12.2. The van der Waals surface area contributed by atoms with Crippen molar-refractivity contribution < 1.29 is 14.4 Å². The lowest BCUT2D eigenvalue weighted by atomic mass is 10.1. The predicted octanol–water partition coefficient (Wildman–Crippen LogP) is 1.95. The van der Waals surface area contributed by atoms with Crippen molar-refractivity contribution in [2.24, 2.45) is 0 Å². The topological polar surface area (TPSA) is 54.5 Å². The van der Waals surface area contributed by atoms with Crippen LogP contribution in [-0.4, -0.2) is 18.1 Å². The zero-order chi connectivity index (χ0) is 13.4. The first kappa shape index (κ1) is 11.3. The van der Waals surface area contributed by atoms with E-state index in [0.717, 1.165) is 4.90 Å². The molecule has 19 heavy (non-hydrogen) atoms. The Labute approximate surface area is 109 Å². The lowest BCUT2D eigenvalue weighted by Crippen LogP contribution is -2.29. The Kier molecular flexibility index (Phi) is 2.49. The monoisotopic (exact) mass is 250 g/mol. The van der Waals surface area contributed by atoms with Crippen molar-refractivity contribution in [2.45, 2.75) is 0 Å². The van der Waals surface area contributed by atoms with Crippen molar-refractivity contribution in [1.29, 1.82) is 0 Å². The lowest BCUT2D eigenvalue weighted by molar-refractivity contribution is 0.0926. The minimum absolute atomic E-state index is 0.344. The van der Waals surface area contributed by atoms with E-state index in [0.29, 0.717) is 22.4 Å². The largest absolute Gasteiger partial charge is 0.285 e. The van der Waals surface area contributed by atoms with E-state index >= 15 is 0 Å². The third-order valence-corrected chi connectivity index (χ3v) is 3.04. The number of anilines is 1. The number of amides is 2. The van der Waals surface area contributed by atoms with Gasteiger partial charge in [-0.15, -0.1) is 0 Å². The summed E-state index contributed by atoms with van der Waals surface area (Å²) in [6, 6.07) is 12.9. The maximum Gasteiger partial charge on any atom is 0.266 e. The summed E-state index contributed by atoms with van der Waals surface area (Å²) < 4.78 is 0. The second kappa shape index (κ2) is 4.17. The highest BCUT2D eigenvalue weighted by atomic mass is 16.2. The van der Waals surface area contributed by atoms with Gasteiger partial charge in [0.1, 0.15) is 0 Å². The van der Waals surface area contributed by atoms with Crippen LogP contribution in [0.25, 0.3) is 0 Å². The Hall–Kier alpha value is -2.75. The van der Waals surface area contributed by atoms with E-state index in [-0.39, 0.29) is 11.8 Å². The molecule has 1 heterocycles. The predicted molar refractivity (Wildman–Crippen MR) is 68.8 cm³/mol. The molecule has 0 atom stereocenters. The van der Waals surface area contributed by atoms with Gasteiger partial charge in [-0.2, -0.15) is 0 Å². The number of benzene rings is 2. The standard InChI is InChI=1S/C15H8NO3/c17-9-10-5-7-11(8-6-10)16-14(18)12-3-1-2-4-13(12)15(16)19/h1-8H. The second-order valence-electron chi connectivity index (χ2n) is 4.14. The van der Waals surface area contributed by atoms with E-state index in [4.69, 9.17) is 0 Å². The first-order valence-corrected chi connectivity index (χ1v) is 5.68. The molecule has 0 aliphatic carbocycles. The van der Waals surface area contributed by atoms with Crippen LogP contribution < -0.4 is 4.90 Å². The third kappa shape index (κ3) is 1.65. The van der Waals surface area contributed by atoms with Crippen LogP contribution in [-0.2, 0) is 4.79 Å². The number of carbonyl (C=O) groups excluding carboxylic acids is 3. The molecule has 0 spiro atoms. The van der Waals surface area contributed by atoms with Gasteiger partial charge < -0.3 is 0 Å². The normalized spacial score (nSPS) is 13.6. The van der Waals surface area contributed by atoms with Gasteiger partial charge >= 0.3 is 0 Å². The third-order valence-electron chi connectivity index (χ3n) is 3.04. The molecule has 1 radical (unpaired) electrons. The van der Waals surface area contributed by atoms with Crippen molar-refractivity contribution in [3.8, 4) is 0 Å². The molecule has 1 aliphatic heterocycles. The van der Waals surface area contributed by atoms with Gasteiger partial charge in [0, 0.05) is 5.56 Å². The molecule has 0 aromatic heterocycles. The first-order chi connectivity index (χ1) is 9.22. The fourth-order valence-corrected chi connectivity index (χ4v) is 2.10. The molecule has 0 N–H and O–H groups in total. The van der Waals surface area contributed by atoms with Crippen LogP contribution in [0, 0.1) is 0 Å². The number of fused-ring (bicyclic) bond motifs is 1. The molecule has 0 fully saturated rings. The molecule has 4 heteroatoms. The Morgan fingerprint density at radius 1 is 0.789 bits per heavy atom. The summed E-state index contributed by atoms with van der Waals surface area (Å²) >= 11 is 0. The minimum atomic E-state index is -0.344. The number of imide groups is 1. The lowest BCUT2D eigenvalue weighted by Gasteiger charge is -2.13. The van der Waals surface area contributed by atoms with Crippen LogP contribution in [0.3, 0.4) is 0 Å². The Morgan fingerprint density at radius 2 is 1.32 bits per heavy atom. The first-order valence-electron chi connectivity index (χ1n) is 5.68. The van der Waals surface area contributed by atoms with Gasteiger partial charge in [-0.1, -0.05) is 12.1 Å². The number of nitrogens with zero attached hydrogens (tertiary/aromatic N) is 1. The van der Waals surface area contributed by atoms with Crippen LogP contribution in [0.2, 0.25) is 0 Å². The van der Waals surface area contributed by atoms with Crippen LogP contribution in [0.15, 0.2) is 48.5 Å². The van der Waals surface area contributed by atoms with Gasteiger partial charge in [0.2, 0.25) is 6.29 Å². The molecular weight excluding hydrogens is 242 g/mol. The fraction of sp³-hybridized carbons (Fsp3) is 0. The molecule has 2 amide bonds. The Balaban J connectivity index is 2.06. The molecule has 91 valence electrons. The zero-order valence-corrected chi connectivity index (χ0v) is 9.79. The summed E-state index contributed by atoms with van der Waals surface area (Å²) in [4.78, 5) is 36.0. The molecule has 0 saturated carbocycles. The van der Waals surface area contributed by atoms with Crippen molar-refractivity contribution >= 4 is 23.8 Å². The number of hydrogen-bond acceptors (Lipinski definition) is 3. The zero-order valence-electron chi connectivity index (χ0n) is 9.79. The molecule has 2 aromatic carbocycles. The molecule has 0 bridgehead atoms. The van der Waals surface area contributed by atoms with Crippen LogP contribution >= 0.6 is 0 Å². The number of rotatable bonds is 2. The van der Waals surface area contributed by atoms with E-state index in [1.54, 1.807) is 42.7 Å². The second-order valence-corrected chi connectivity index (χ2v) is 4.14. The quantitative estimate of drug-likeness (QED) is 0.765. The molecule has 1 aliphatic rings.